The molecule has 2 aromatic carbocycles. The van der Waals surface area contributed by atoms with Crippen LogP contribution in [0.4, 0.5) is 18.0 Å². The average Bonchev–Trinajstić information content (AvgIpc) is 3.12. The van der Waals surface area contributed by atoms with Crippen LogP contribution in [0, 0.1) is 0 Å². The van der Waals surface area contributed by atoms with Crippen LogP contribution in [0.1, 0.15) is 49.8 Å². The molecular weight excluding hydrogens is 517 g/mol. The Morgan fingerprint density at radius 2 is 1.85 bits per heavy atom. The average molecular weight is 547 g/mol. The van der Waals surface area contributed by atoms with Crippen LogP contribution >= 0.6 is 0 Å². The molecule has 8 nitrogen and oxygen atoms in total. The van der Waals surface area contributed by atoms with E-state index in [9.17, 15) is 27.6 Å². The van der Waals surface area contributed by atoms with Gasteiger partial charge in [-0.2, -0.15) is 13.2 Å². The van der Waals surface area contributed by atoms with Crippen LogP contribution in [0.25, 0.3) is 11.0 Å². The van der Waals surface area contributed by atoms with Crippen LogP contribution in [-0.4, -0.2) is 37.1 Å². The van der Waals surface area contributed by atoms with Crippen LogP contribution < -0.4 is 20.4 Å². The van der Waals surface area contributed by atoms with Gasteiger partial charge in [0, 0.05) is 23.6 Å². The number of urea groups is 1. The van der Waals surface area contributed by atoms with E-state index in [4.69, 9.17) is 13.9 Å². The molecule has 1 N–H and O–H groups in total. The maximum Gasteiger partial charge on any atom is 0.417 e. The molecule has 3 amide bonds. The van der Waals surface area contributed by atoms with Gasteiger partial charge in [0.05, 0.1) is 19.3 Å². The first-order valence-electron chi connectivity index (χ1n) is 12.6. The lowest BCUT2D eigenvalue weighted by Crippen LogP contribution is -2.41. The van der Waals surface area contributed by atoms with Crippen LogP contribution in [0.2, 0.25) is 0 Å². The summed E-state index contributed by atoms with van der Waals surface area (Å²) in [5.41, 5.74) is -2.50. The van der Waals surface area contributed by atoms with E-state index in [0.717, 1.165) is 4.90 Å². The molecule has 3 aromatic rings. The topological polar surface area (TPSA) is 98.1 Å². The van der Waals surface area contributed by atoms with Gasteiger partial charge in [0.25, 0.3) is 5.91 Å². The highest BCUT2D eigenvalue weighted by Gasteiger charge is 2.48. The number of unbranched alkanes of at least 4 members (excludes halogenated alkanes) is 1. The highest BCUT2D eigenvalue weighted by Crippen LogP contribution is 2.37. The highest BCUT2D eigenvalue weighted by molar-refractivity contribution is 6.07. The van der Waals surface area contributed by atoms with E-state index < -0.39 is 28.9 Å². The molecule has 1 saturated heterocycles. The van der Waals surface area contributed by atoms with Gasteiger partial charge in [-0.25, -0.2) is 9.59 Å². The van der Waals surface area contributed by atoms with E-state index in [1.165, 1.54) is 19.2 Å². The predicted octanol–water partition coefficient (Wildman–Crippen LogP) is 5.40. The number of ether oxygens (including phenoxy) is 2. The van der Waals surface area contributed by atoms with Gasteiger partial charge in [0.2, 0.25) is 0 Å². The van der Waals surface area contributed by atoms with E-state index >= 15 is 0 Å². The van der Waals surface area contributed by atoms with Crippen LogP contribution in [0.5, 0.6) is 11.5 Å². The minimum atomic E-state index is -4.71. The van der Waals surface area contributed by atoms with Crippen molar-refractivity contribution < 1.29 is 36.7 Å². The standard InChI is InChI=1S/C28H29F3N2O6/c1-4-8-20-22(12-11-19-21(28(29,30)31)16-23(34)39-24(19)20)38-14-6-5-13-33-25(35)27(2,32-26(33)36)17-9-7-10-18(15-17)37-3/h7,9-12,15-16H,4-6,8,13-14H2,1-3H3,(H,32,36). The first-order valence-corrected chi connectivity index (χ1v) is 12.6. The zero-order chi connectivity index (χ0) is 28.4. The van der Waals surface area contributed by atoms with Gasteiger partial charge in [-0.3, -0.25) is 9.69 Å². The van der Waals surface area contributed by atoms with Crippen molar-refractivity contribution >= 4 is 22.9 Å². The van der Waals surface area contributed by atoms with Crippen molar-refractivity contribution in [3.63, 3.8) is 0 Å². The maximum atomic E-state index is 13.5. The molecule has 1 aromatic heterocycles. The monoisotopic (exact) mass is 546 g/mol. The number of carbonyl (C=O) groups is 2. The fourth-order valence-corrected chi connectivity index (χ4v) is 4.70. The van der Waals surface area contributed by atoms with E-state index in [2.05, 4.69) is 5.32 Å². The zero-order valence-corrected chi connectivity index (χ0v) is 21.8. The van der Waals surface area contributed by atoms with E-state index in [-0.39, 0.29) is 30.0 Å². The molecular formula is C28H29F3N2O6. The first-order chi connectivity index (χ1) is 18.5. The molecule has 4 rings (SSSR count). The number of hydrogen-bond donors (Lipinski definition) is 1. The van der Waals surface area contributed by atoms with Crippen molar-refractivity contribution in [3.8, 4) is 11.5 Å². The van der Waals surface area contributed by atoms with Gasteiger partial charge >= 0.3 is 17.8 Å². The summed E-state index contributed by atoms with van der Waals surface area (Å²) in [6.07, 6.45) is -2.86. The molecule has 0 spiro atoms. The number of nitrogens with one attached hydrogen (secondary N) is 1. The van der Waals surface area contributed by atoms with E-state index in [1.54, 1.807) is 31.2 Å². The van der Waals surface area contributed by atoms with E-state index in [1.807, 2.05) is 6.92 Å². The Labute approximate surface area is 222 Å². The Balaban J connectivity index is 1.42. The molecule has 0 saturated carbocycles. The van der Waals surface area contributed by atoms with Gasteiger partial charge in [0.15, 0.2) is 0 Å². The largest absolute Gasteiger partial charge is 0.497 e. The van der Waals surface area contributed by atoms with Crippen molar-refractivity contribution in [2.24, 2.45) is 0 Å². The molecule has 1 aliphatic rings. The number of rotatable bonds is 10. The molecule has 39 heavy (non-hydrogen) atoms. The Bertz CT molecular complexity index is 1450. The number of hydrogen-bond acceptors (Lipinski definition) is 6. The summed E-state index contributed by atoms with van der Waals surface area (Å²) in [6, 6.07) is 9.57. The van der Waals surface area contributed by atoms with Crippen LogP contribution in [0.15, 0.2) is 51.7 Å². The quantitative estimate of drug-likeness (QED) is 0.208. The fourth-order valence-electron chi connectivity index (χ4n) is 4.70. The van der Waals surface area contributed by atoms with Crippen molar-refractivity contribution in [1.82, 2.24) is 10.2 Å². The fraction of sp³-hybridized carbons (Fsp3) is 0.393. The summed E-state index contributed by atoms with van der Waals surface area (Å²) in [5, 5.41) is 2.56. The SMILES string of the molecule is CCCc1c(OCCCCN2C(=O)NC(C)(c3cccc(OC)c3)C2=O)ccc2c(C(F)(F)F)cc(=O)oc12. The summed E-state index contributed by atoms with van der Waals surface area (Å²) >= 11 is 0. The normalized spacial score (nSPS) is 17.5. The van der Waals surface area contributed by atoms with Gasteiger partial charge in [0.1, 0.15) is 22.6 Å². The number of nitrogens with zero attached hydrogens (tertiary/aromatic N) is 1. The molecule has 1 aliphatic heterocycles. The number of carbonyl (C=O) groups excluding carboxylic acids is 2. The number of aryl methyl sites for hydroxylation is 1. The molecule has 1 unspecified atom stereocenters. The number of benzene rings is 2. The summed E-state index contributed by atoms with van der Waals surface area (Å²) in [4.78, 5) is 38.8. The number of alkyl halides is 3. The number of fused-ring (bicyclic) bond motifs is 1. The van der Waals surface area contributed by atoms with E-state index in [0.29, 0.717) is 54.4 Å². The lowest BCUT2D eigenvalue weighted by molar-refractivity contribution is -0.136. The third-order valence-corrected chi connectivity index (χ3v) is 6.73. The van der Waals surface area contributed by atoms with Gasteiger partial charge in [-0.05, 0) is 56.0 Å². The van der Waals surface area contributed by atoms with Gasteiger partial charge < -0.3 is 19.2 Å². The number of amides is 3. The number of imide groups is 1. The zero-order valence-electron chi connectivity index (χ0n) is 21.8. The second-order valence-electron chi connectivity index (χ2n) is 9.45. The van der Waals surface area contributed by atoms with Gasteiger partial charge in [-0.1, -0.05) is 25.5 Å². The molecule has 0 radical (unpaired) electrons. The minimum Gasteiger partial charge on any atom is -0.497 e. The molecule has 208 valence electrons. The molecule has 1 fully saturated rings. The summed E-state index contributed by atoms with van der Waals surface area (Å²) in [6.45, 7) is 3.84. The molecule has 0 bridgehead atoms. The van der Waals surface area contributed by atoms with Crippen molar-refractivity contribution in [3.05, 3.63) is 69.6 Å². The molecule has 11 heteroatoms. The second kappa shape index (κ2) is 11.0. The van der Waals surface area contributed by atoms with Crippen LogP contribution in [-0.2, 0) is 22.9 Å². The van der Waals surface area contributed by atoms with Crippen molar-refractivity contribution in [2.45, 2.75) is 51.2 Å². The Kier molecular flexibility index (Phi) is 7.89. The number of halogens is 3. The summed E-state index contributed by atoms with van der Waals surface area (Å²) in [7, 11) is 1.52. The smallest absolute Gasteiger partial charge is 0.417 e. The third kappa shape index (κ3) is 5.57. The second-order valence-corrected chi connectivity index (χ2v) is 9.45. The third-order valence-electron chi connectivity index (χ3n) is 6.73. The number of methoxy groups -OCH3 is 1. The summed E-state index contributed by atoms with van der Waals surface area (Å²) in [5.74, 6) is 0.515. The molecule has 2 heterocycles. The maximum absolute atomic E-state index is 13.5. The first kappa shape index (κ1) is 28.0. The Hall–Kier alpha value is -4.02. The minimum absolute atomic E-state index is 0.134. The molecule has 0 aliphatic carbocycles. The van der Waals surface area contributed by atoms with Crippen LogP contribution in [0.3, 0.4) is 0 Å². The lowest BCUT2D eigenvalue weighted by atomic mass is 9.92. The van der Waals surface area contributed by atoms with Gasteiger partial charge in [-0.15, -0.1) is 0 Å². The Morgan fingerprint density at radius 1 is 1.08 bits per heavy atom. The lowest BCUT2D eigenvalue weighted by Gasteiger charge is -2.22. The summed E-state index contributed by atoms with van der Waals surface area (Å²) < 4.78 is 56.7. The molecule has 1 atom stereocenters. The Morgan fingerprint density at radius 3 is 2.54 bits per heavy atom. The highest BCUT2D eigenvalue weighted by atomic mass is 19.4. The predicted molar refractivity (Wildman–Crippen MR) is 137 cm³/mol. The van der Waals surface area contributed by atoms with Crippen molar-refractivity contribution in [2.75, 3.05) is 20.3 Å². The van der Waals surface area contributed by atoms with Crippen molar-refractivity contribution in [1.29, 1.82) is 0 Å².